The number of nitrogens with zero attached hydrogens (tertiary/aromatic N) is 9. The molecule has 3 saturated heterocycles. The number of nitrogens with one attached hydrogen (secondary N) is 1. The Bertz CT molecular complexity index is 2970. The predicted molar refractivity (Wildman–Crippen MR) is 324 cm³/mol. The van der Waals surface area contributed by atoms with Gasteiger partial charge in [-0.15, -0.1) is 15.3 Å². The number of amides is 1. The van der Waals surface area contributed by atoms with Crippen molar-refractivity contribution in [2.45, 2.75) is 223 Å². The van der Waals surface area contributed by atoms with Gasteiger partial charge in [-0.05, 0) is 111 Å². The fourth-order valence-electron chi connectivity index (χ4n) is 10.4. The van der Waals surface area contributed by atoms with Crippen LogP contribution in [0.1, 0.15) is 133 Å². The van der Waals surface area contributed by atoms with Crippen LogP contribution in [0.5, 0.6) is 0 Å². The van der Waals surface area contributed by atoms with Crippen molar-refractivity contribution < 1.29 is 77.3 Å². The van der Waals surface area contributed by atoms with Crippen LogP contribution in [0, 0.1) is 0 Å². The van der Waals surface area contributed by atoms with E-state index >= 15 is 0 Å². The Hall–Kier alpha value is -2.57. The van der Waals surface area contributed by atoms with Gasteiger partial charge >= 0.3 is 13.7 Å². The normalized spacial score (nSPS) is 26.2. The third kappa shape index (κ3) is 16.8. The van der Waals surface area contributed by atoms with Crippen molar-refractivity contribution in [2.24, 2.45) is 0 Å². The molecule has 0 radical (unpaired) electrons. The number of ether oxygens (including phenoxy) is 7. The molecule has 3 aliphatic heterocycles. The van der Waals surface area contributed by atoms with Crippen molar-refractivity contribution >= 4 is 99.7 Å². The molecular weight excluding hydrogens is 1260 g/mol. The van der Waals surface area contributed by atoms with E-state index in [1.165, 1.54) is 10.9 Å². The van der Waals surface area contributed by atoms with Crippen LogP contribution >= 0.6 is 53.2 Å². The molecule has 0 spiro atoms. The molecule has 7 N–H and O–H groups in total. The molecule has 0 bridgehead atoms. The molecule has 7 heterocycles. The zero-order valence-electron chi connectivity index (χ0n) is 49.1. The molecule has 10 atom stereocenters. The SMILES string of the molecule is C.CC(C)(C)OC(=O)N(c1nc(Cl)nc2c1cnn2[C@@H]1O[C@H](COC(C)(CCO)P(C)(C)=O)[C@H]2OC(C)(C)O[C@H]21)C1CCCC1.CC(CCO)(OC[C@H]1O[C@@H](n2ncc3c(NC4CCCC4)nc(Cl)nc32)[C@H](O)[C@@H]1O)P(=O)(O)O.C[Si](C)(C)Br. The topological polar surface area (TPSA) is 340 Å². The lowest BCUT2D eigenvalue weighted by Crippen LogP contribution is -2.43. The van der Waals surface area contributed by atoms with Crippen molar-refractivity contribution in [1.82, 2.24) is 39.5 Å². The molecule has 4 aromatic heterocycles. The van der Waals surface area contributed by atoms with Gasteiger partial charge in [0.2, 0.25) is 10.6 Å². The molecule has 476 valence electrons. The van der Waals surface area contributed by atoms with E-state index in [0.717, 1.165) is 58.3 Å². The first-order valence-electron chi connectivity index (χ1n) is 27.9. The number of aromatic nitrogens is 8. The van der Waals surface area contributed by atoms with E-state index in [2.05, 4.69) is 70.4 Å². The smallest absolute Gasteiger partial charge is 0.416 e. The summed E-state index contributed by atoms with van der Waals surface area (Å²) in [6, 6.07) is 0.154. The Morgan fingerprint density at radius 1 is 0.786 bits per heavy atom. The number of hydrogen-bond donors (Lipinski definition) is 7. The van der Waals surface area contributed by atoms with Gasteiger partial charge in [0.1, 0.15) is 67.2 Å². The Morgan fingerprint density at radius 3 is 1.83 bits per heavy atom. The number of aliphatic hydroxyl groups is 4. The van der Waals surface area contributed by atoms with Crippen molar-refractivity contribution in [1.29, 1.82) is 0 Å². The fourth-order valence-corrected chi connectivity index (χ4v) is 12.4. The van der Waals surface area contributed by atoms with Crippen molar-refractivity contribution in [3.63, 3.8) is 0 Å². The number of halogens is 3. The minimum atomic E-state index is -4.75. The molecule has 9 rings (SSSR count). The Kier molecular flexibility index (Phi) is 23.2. The summed E-state index contributed by atoms with van der Waals surface area (Å²) in [5.74, 6) is -0.0689. The molecule has 2 unspecified atom stereocenters. The first-order chi connectivity index (χ1) is 38.5. The Labute approximate surface area is 509 Å². The lowest BCUT2D eigenvalue weighted by atomic mass is 10.1. The molecule has 0 aromatic carbocycles. The monoisotopic (exact) mass is 1350 g/mol. The number of carbonyl (C=O) groups is 1. The quantitative estimate of drug-likeness (QED) is 0.0211. The van der Waals surface area contributed by atoms with Crippen LogP contribution in [0.4, 0.5) is 16.4 Å². The van der Waals surface area contributed by atoms with Gasteiger partial charge < -0.3 is 73.3 Å². The average molecular weight is 1350 g/mol. The van der Waals surface area contributed by atoms with E-state index in [1.54, 1.807) is 36.0 Å². The van der Waals surface area contributed by atoms with Gasteiger partial charge in [0, 0.05) is 38.1 Å². The molecule has 5 aliphatic rings. The zero-order valence-corrected chi connectivity index (χ0v) is 55.0. The molecule has 1 amide bonds. The molecule has 32 heteroatoms. The molecule has 2 saturated carbocycles. The van der Waals surface area contributed by atoms with Gasteiger partial charge in [-0.2, -0.15) is 30.1 Å². The van der Waals surface area contributed by atoms with Gasteiger partial charge in [-0.1, -0.05) is 52.8 Å². The van der Waals surface area contributed by atoms with Crippen LogP contribution in [0.2, 0.25) is 30.2 Å². The van der Waals surface area contributed by atoms with Crippen LogP contribution in [0.3, 0.4) is 0 Å². The zero-order chi connectivity index (χ0) is 61.4. The number of fused-ring (bicyclic) bond motifs is 3. The molecule has 26 nitrogen and oxygen atoms in total. The van der Waals surface area contributed by atoms with Crippen molar-refractivity contribution in [2.75, 3.05) is 50.0 Å². The van der Waals surface area contributed by atoms with E-state index in [1.807, 2.05) is 34.6 Å². The van der Waals surface area contributed by atoms with Gasteiger partial charge in [-0.3, -0.25) is 9.46 Å². The third-order valence-electron chi connectivity index (χ3n) is 15.0. The Balaban J connectivity index is 0.000000253. The highest BCUT2D eigenvalue weighted by Gasteiger charge is 2.57. The number of anilines is 2. The largest absolute Gasteiger partial charge is 0.443 e. The van der Waals surface area contributed by atoms with E-state index in [-0.39, 0.29) is 56.1 Å². The minimum absolute atomic E-state index is 0. The maximum atomic E-state index is 13.6. The maximum Gasteiger partial charge on any atom is 0.416 e. The molecular formula is C52H87BrCl2N10O16P2Si. The summed E-state index contributed by atoms with van der Waals surface area (Å²) in [5, 5.41) is 50.2. The summed E-state index contributed by atoms with van der Waals surface area (Å²) >= 11 is 16.2. The summed E-state index contributed by atoms with van der Waals surface area (Å²) in [5.41, 5.74) is -0.0540. The van der Waals surface area contributed by atoms with Crippen LogP contribution in [-0.2, 0) is 42.3 Å². The third-order valence-corrected chi connectivity index (χ3v) is 19.6. The number of rotatable bonds is 18. The van der Waals surface area contributed by atoms with Crippen LogP contribution < -0.4 is 10.2 Å². The summed E-state index contributed by atoms with van der Waals surface area (Å²) in [6.07, 6.45) is 2.69. The number of carbonyl (C=O) groups excluding carboxylic acids is 1. The second-order valence-corrected chi connectivity index (χ2v) is 42.4. The standard InChI is InChI=1S/C29H45ClN5O8P.C19H29ClN5O8P.C3H9BrSi.CH4/c1-27(2,3)43-26(37)34(17-11-9-10-12-17)22-18-15-31-35(23(18)33-25(30)32-22)24-21-20(41-28(4,5)42-21)19(40-24)16-39-29(6,13-14-36)44(7,8)38;1-19(6-7-26,34(29,30)31)32-9-12-13(27)14(28)17(33-12)25-16-11(8-21-25)15(23-18(20)24-16)22-10-4-2-3-5-10;1-5(2,3)4;/h15,17,19-21,24,36H,9-14,16H2,1-8H3;8,10,12-14,17,26-28H,2-7,9H2,1H3,(H,22,23,24)(H2,29,30,31);1-3H3;1H4/t19-,20-,21-,24-,29?;12-,13-,14-,17-,19?;;/m11../s1. The van der Waals surface area contributed by atoms with E-state index in [9.17, 15) is 39.0 Å². The maximum absolute atomic E-state index is 13.6. The summed E-state index contributed by atoms with van der Waals surface area (Å²) in [7, 11) is -7.52. The predicted octanol–water partition coefficient (Wildman–Crippen LogP) is 8.92. The van der Waals surface area contributed by atoms with Gasteiger partial charge in [-0.25, -0.2) is 14.2 Å². The first kappa shape index (κ1) is 70.5. The summed E-state index contributed by atoms with van der Waals surface area (Å²) in [4.78, 5) is 51.9. The number of aliphatic hydroxyl groups excluding tert-OH is 4. The fraction of sp³-hybridized carbons (Fsp3) is 0.788. The van der Waals surface area contributed by atoms with Crippen LogP contribution in [-0.4, -0.2) is 193 Å². The second-order valence-electron chi connectivity index (χ2n) is 24.8. The van der Waals surface area contributed by atoms with Gasteiger partial charge in [0.05, 0.1) is 36.4 Å². The minimum Gasteiger partial charge on any atom is -0.443 e. The first-order valence-corrected chi connectivity index (χ1v) is 38.6. The summed E-state index contributed by atoms with van der Waals surface area (Å²) < 4.78 is 70.0. The summed E-state index contributed by atoms with van der Waals surface area (Å²) in [6.45, 7) is 20.2. The van der Waals surface area contributed by atoms with Crippen molar-refractivity contribution in [3.05, 3.63) is 23.0 Å². The van der Waals surface area contributed by atoms with Crippen LogP contribution in [0.15, 0.2) is 12.4 Å². The van der Waals surface area contributed by atoms with E-state index in [0.29, 0.717) is 33.7 Å². The highest BCUT2D eigenvalue weighted by atomic mass is 79.9. The molecule has 5 fully saturated rings. The highest BCUT2D eigenvalue weighted by Crippen LogP contribution is 2.55. The van der Waals surface area contributed by atoms with Gasteiger partial charge in [0.25, 0.3) is 0 Å². The number of hydrogen-bond acceptors (Lipinski definition) is 21. The Morgan fingerprint density at radius 2 is 1.27 bits per heavy atom. The highest BCUT2D eigenvalue weighted by molar-refractivity contribution is 9.26. The van der Waals surface area contributed by atoms with Gasteiger partial charge in [0.15, 0.2) is 40.7 Å². The molecule has 4 aromatic rings. The lowest BCUT2D eigenvalue weighted by Gasteiger charge is -2.35. The van der Waals surface area contributed by atoms with E-state index < -0.39 is 112 Å². The van der Waals surface area contributed by atoms with Crippen LogP contribution in [0.25, 0.3) is 22.1 Å². The average Bonchev–Trinajstić information content (AvgIpc) is 4.21. The van der Waals surface area contributed by atoms with E-state index in [4.69, 9.17) is 61.5 Å². The molecule has 2 aliphatic carbocycles. The molecule has 84 heavy (non-hydrogen) atoms. The lowest BCUT2D eigenvalue weighted by molar-refractivity contribution is -0.205. The second kappa shape index (κ2) is 27.7. The van der Waals surface area contributed by atoms with Crippen molar-refractivity contribution in [3.8, 4) is 0 Å².